The summed E-state index contributed by atoms with van der Waals surface area (Å²) in [4.78, 5) is 43.6. The molecular formula is C18H23N5O5S. The molecule has 1 aliphatic heterocycles. The molecule has 0 aliphatic carbocycles. The second-order valence-corrected chi connectivity index (χ2v) is 7.14. The van der Waals surface area contributed by atoms with Gasteiger partial charge in [-0.25, -0.2) is 14.6 Å². The molecule has 10 nitrogen and oxygen atoms in total. The quantitative estimate of drug-likeness (QED) is 0.736. The second-order valence-electron chi connectivity index (χ2n) is 6.28. The molecule has 0 bridgehead atoms. The van der Waals surface area contributed by atoms with Crippen LogP contribution in [0.25, 0.3) is 0 Å². The van der Waals surface area contributed by atoms with Crippen LogP contribution in [0.5, 0.6) is 0 Å². The van der Waals surface area contributed by atoms with Crippen LogP contribution in [0.4, 0.5) is 14.7 Å². The van der Waals surface area contributed by atoms with Crippen molar-refractivity contribution in [3.8, 4) is 0 Å². The second kappa shape index (κ2) is 9.92. The zero-order valence-corrected chi connectivity index (χ0v) is 16.9. The van der Waals surface area contributed by atoms with Crippen molar-refractivity contribution in [1.29, 1.82) is 0 Å². The predicted octanol–water partition coefficient (Wildman–Crippen LogP) is 1.90. The molecule has 0 atom stereocenters. The Kier molecular flexibility index (Phi) is 7.06. The summed E-state index contributed by atoms with van der Waals surface area (Å²) in [7, 11) is 0. The fourth-order valence-corrected chi connectivity index (χ4v) is 3.45. The summed E-state index contributed by atoms with van der Waals surface area (Å²) in [5.74, 6) is 0.493. The molecule has 0 radical (unpaired) electrons. The minimum atomic E-state index is -0.359. The van der Waals surface area contributed by atoms with Gasteiger partial charge in [0.2, 0.25) is 5.91 Å². The summed E-state index contributed by atoms with van der Waals surface area (Å²) in [6.45, 7) is 4.07. The van der Waals surface area contributed by atoms with Crippen LogP contribution in [-0.4, -0.2) is 65.6 Å². The van der Waals surface area contributed by atoms with Crippen LogP contribution < -0.4 is 10.6 Å². The highest BCUT2D eigenvalue weighted by atomic mass is 32.1. The summed E-state index contributed by atoms with van der Waals surface area (Å²) in [5, 5.41) is 7.66. The number of carbonyl (C=O) groups excluding carboxylic acids is 3. The molecule has 3 rings (SSSR count). The monoisotopic (exact) mass is 421 g/mol. The summed E-state index contributed by atoms with van der Waals surface area (Å²) in [5.41, 5.74) is 0.578. The van der Waals surface area contributed by atoms with Crippen molar-refractivity contribution in [3.63, 3.8) is 0 Å². The molecule has 156 valence electrons. The average Bonchev–Trinajstić information content (AvgIpc) is 3.39. The number of furan rings is 1. The lowest BCUT2D eigenvalue weighted by Crippen LogP contribution is -2.51. The molecule has 0 aromatic carbocycles. The van der Waals surface area contributed by atoms with Gasteiger partial charge in [-0.3, -0.25) is 10.1 Å². The first-order valence-corrected chi connectivity index (χ1v) is 10.1. The molecular weight excluding hydrogens is 398 g/mol. The lowest BCUT2D eigenvalue weighted by molar-refractivity contribution is -0.120. The number of ether oxygens (including phenoxy) is 1. The van der Waals surface area contributed by atoms with Crippen LogP contribution >= 0.6 is 11.3 Å². The summed E-state index contributed by atoms with van der Waals surface area (Å²) in [6.07, 6.45) is 1.31. The van der Waals surface area contributed by atoms with Gasteiger partial charge in [0.05, 0.1) is 31.5 Å². The molecule has 11 heteroatoms. The maximum absolute atomic E-state index is 12.4. The van der Waals surface area contributed by atoms with Crippen LogP contribution in [0.2, 0.25) is 0 Å². The Hall–Kier alpha value is -3.08. The van der Waals surface area contributed by atoms with Crippen molar-refractivity contribution in [1.82, 2.24) is 20.1 Å². The first-order valence-electron chi connectivity index (χ1n) is 9.26. The van der Waals surface area contributed by atoms with Gasteiger partial charge in [0.1, 0.15) is 5.76 Å². The highest BCUT2D eigenvalue weighted by Crippen LogP contribution is 2.17. The topological polar surface area (TPSA) is 117 Å². The molecule has 3 heterocycles. The highest BCUT2D eigenvalue weighted by Gasteiger charge is 2.25. The van der Waals surface area contributed by atoms with Crippen LogP contribution in [0.15, 0.2) is 28.2 Å². The summed E-state index contributed by atoms with van der Waals surface area (Å²) < 4.78 is 10.1. The van der Waals surface area contributed by atoms with E-state index in [-0.39, 0.29) is 24.5 Å². The Labute approximate surface area is 171 Å². The molecule has 0 saturated carbocycles. The molecule has 2 aromatic heterocycles. The Morgan fingerprint density at radius 3 is 2.69 bits per heavy atom. The Balaban J connectivity index is 1.42. The standard InChI is InChI=1S/C18H23N5O5S/c1-2-27-18(26)23-7-5-22(6-8-23)17(25)21-16-20-13(12-29-16)10-15(24)19-11-14-4-3-9-28-14/h3-4,9,12H,2,5-8,10-11H2,1H3,(H,19,24)(H,20,21,25). The van der Waals surface area contributed by atoms with Crippen molar-refractivity contribution in [3.05, 3.63) is 35.2 Å². The van der Waals surface area contributed by atoms with Crippen LogP contribution in [0, 0.1) is 0 Å². The number of aromatic nitrogens is 1. The van der Waals surface area contributed by atoms with E-state index in [2.05, 4.69) is 15.6 Å². The predicted molar refractivity (Wildman–Crippen MR) is 106 cm³/mol. The van der Waals surface area contributed by atoms with E-state index in [0.29, 0.717) is 55.9 Å². The normalized spacial score (nSPS) is 13.8. The van der Waals surface area contributed by atoms with E-state index in [9.17, 15) is 14.4 Å². The maximum atomic E-state index is 12.4. The fraction of sp³-hybridized carbons (Fsp3) is 0.444. The Morgan fingerprint density at radius 1 is 1.24 bits per heavy atom. The molecule has 1 fully saturated rings. The number of piperazine rings is 1. The van der Waals surface area contributed by atoms with E-state index in [1.807, 2.05) is 0 Å². The van der Waals surface area contributed by atoms with E-state index < -0.39 is 0 Å². The molecule has 29 heavy (non-hydrogen) atoms. The molecule has 2 aromatic rings. The largest absolute Gasteiger partial charge is 0.467 e. The van der Waals surface area contributed by atoms with E-state index >= 15 is 0 Å². The molecule has 1 saturated heterocycles. The van der Waals surface area contributed by atoms with Crippen molar-refractivity contribution in [2.75, 3.05) is 38.1 Å². The van der Waals surface area contributed by atoms with Gasteiger partial charge in [-0.15, -0.1) is 11.3 Å². The van der Waals surface area contributed by atoms with Crippen LogP contribution in [0.1, 0.15) is 18.4 Å². The minimum Gasteiger partial charge on any atom is -0.467 e. The number of urea groups is 1. The number of hydrogen-bond donors (Lipinski definition) is 2. The zero-order chi connectivity index (χ0) is 20.6. The number of anilines is 1. The van der Waals surface area contributed by atoms with Gasteiger partial charge >= 0.3 is 12.1 Å². The number of carbonyl (C=O) groups is 3. The van der Waals surface area contributed by atoms with E-state index in [0.717, 1.165) is 0 Å². The smallest absolute Gasteiger partial charge is 0.409 e. The van der Waals surface area contributed by atoms with Gasteiger partial charge in [-0.05, 0) is 19.1 Å². The summed E-state index contributed by atoms with van der Waals surface area (Å²) >= 11 is 1.26. The molecule has 4 amide bonds. The van der Waals surface area contributed by atoms with Gasteiger partial charge in [0, 0.05) is 31.6 Å². The van der Waals surface area contributed by atoms with Crippen LogP contribution in [0.3, 0.4) is 0 Å². The van der Waals surface area contributed by atoms with Gasteiger partial charge in [-0.2, -0.15) is 0 Å². The van der Waals surface area contributed by atoms with Crippen molar-refractivity contribution in [2.45, 2.75) is 19.9 Å². The molecule has 0 unspecified atom stereocenters. The number of nitrogens with zero attached hydrogens (tertiary/aromatic N) is 3. The lowest BCUT2D eigenvalue weighted by Gasteiger charge is -2.33. The van der Waals surface area contributed by atoms with Gasteiger partial charge < -0.3 is 24.3 Å². The van der Waals surface area contributed by atoms with Gasteiger partial charge in [-0.1, -0.05) is 0 Å². The van der Waals surface area contributed by atoms with E-state index in [1.54, 1.807) is 40.5 Å². The average molecular weight is 421 g/mol. The fourth-order valence-electron chi connectivity index (χ4n) is 2.75. The maximum Gasteiger partial charge on any atom is 0.409 e. The minimum absolute atomic E-state index is 0.116. The number of hydrogen-bond acceptors (Lipinski definition) is 7. The van der Waals surface area contributed by atoms with Gasteiger partial charge in [0.15, 0.2) is 5.13 Å². The third-order valence-corrected chi connectivity index (χ3v) is 5.05. The highest BCUT2D eigenvalue weighted by molar-refractivity contribution is 7.13. The number of amides is 4. The molecule has 1 aliphatic rings. The number of thiazole rings is 1. The van der Waals surface area contributed by atoms with Crippen molar-refractivity contribution in [2.24, 2.45) is 0 Å². The van der Waals surface area contributed by atoms with Crippen molar-refractivity contribution < 1.29 is 23.5 Å². The van der Waals surface area contributed by atoms with E-state index in [1.165, 1.54) is 11.3 Å². The molecule has 2 N–H and O–H groups in total. The Bertz CT molecular complexity index is 830. The van der Waals surface area contributed by atoms with Crippen molar-refractivity contribution >= 4 is 34.5 Å². The third-order valence-electron chi connectivity index (χ3n) is 4.24. The summed E-state index contributed by atoms with van der Waals surface area (Å²) in [6, 6.07) is 3.26. The lowest BCUT2D eigenvalue weighted by atomic mass is 10.3. The SMILES string of the molecule is CCOC(=O)N1CCN(C(=O)Nc2nc(CC(=O)NCc3ccco3)cs2)CC1. The third kappa shape index (κ3) is 5.95. The molecule has 0 spiro atoms. The Morgan fingerprint density at radius 2 is 2.00 bits per heavy atom. The van der Waals surface area contributed by atoms with E-state index in [4.69, 9.17) is 9.15 Å². The first-order chi connectivity index (χ1) is 14.0. The number of rotatable bonds is 6. The number of nitrogens with one attached hydrogen (secondary N) is 2. The van der Waals surface area contributed by atoms with Crippen LogP contribution in [-0.2, 0) is 22.5 Å². The first kappa shape index (κ1) is 20.6. The van der Waals surface area contributed by atoms with Gasteiger partial charge in [0.25, 0.3) is 0 Å². The zero-order valence-electron chi connectivity index (χ0n) is 16.1.